The van der Waals surface area contributed by atoms with E-state index in [1.54, 1.807) is 0 Å². The Morgan fingerprint density at radius 1 is 1.28 bits per heavy atom. The van der Waals surface area contributed by atoms with Crippen molar-refractivity contribution in [3.05, 3.63) is 0 Å². The number of unbranched alkanes of at least 4 members (excludes halogenated alkanes) is 3. The molecule has 0 aromatic carbocycles. The van der Waals surface area contributed by atoms with Crippen LogP contribution in [0.4, 0.5) is 8.78 Å². The van der Waals surface area contributed by atoms with E-state index in [2.05, 4.69) is 27.9 Å². The predicted octanol–water partition coefficient (Wildman–Crippen LogP) is 3.92. The largest absolute Gasteiger partial charge is 0.356 e. The number of hydrogen-bond donors (Lipinski definition) is 1. The minimum Gasteiger partial charge on any atom is -0.356 e. The van der Waals surface area contributed by atoms with Gasteiger partial charge in [-0.05, 0) is 30.1 Å². The molecule has 1 aliphatic rings. The zero-order valence-electron chi connectivity index (χ0n) is 10.7. The Kier molecular flexibility index (Phi) is 7.41. The molecule has 1 unspecified atom stereocenters. The number of halogens is 3. The highest BCUT2D eigenvalue weighted by Crippen LogP contribution is 2.36. The summed E-state index contributed by atoms with van der Waals surface area (Å²) < 4.78 is 27.5. The molecular weight excluding hydrogens is 351 g/mol. The Morgan fingerprint density at radius 3 is 2.67 bits per heavy atom. The Labute approximate surface area is 121 Å². The number of alkyl halides is 3. The SMILES string of the molecule is O=C(NCCCCCCI)C1CCCC(F)(F)C1. The molecule has 0 saturated heterocycles. The average molecular weight is 373 g/mol. The second-order valence-electron chi connectivity index (χ2n) is 5.04. The summed E-state index contributed by atoms with van der Waals surface area (Å²) in [6.07, 6.45) is 5.18. The normalized spacial score (nSPS) is 22.7. The van der Waals surface area contributed by atoms with Gasteiger partial charge in [-0.1, -0.05) is 35.4 Å². The molecule has 106 valence electrons. The van der Waals surface area contributed by atoms with E-state index in [4.69, 9.17) is 0 Å². The van der Waals surface area contributed by atoms with Crippen LogP contribution < -0.4 is 5.32 Å². The summed E-state index contributed by atoms with van der Waals surface area (Å²) in [7, 11) is 0. The molecular formula is C13H22F2INO. The van der Waals surface area contributed by atoms with Crippen LogP contribution in [-0.2, 0) is 4.79 Å². The van der Waals surface area contributed by atoms with E-state index >= 15 is 0 Å². The van der Waals surface area contributed by atoms with Gasteiger partial charge in [0.05, 0.1) is 0 Å². The standard InChI is InChI=1S/C13H22F2INO/c14-13(15)7-5-6-11(10-13)12(18)17-9-4-2-1-3-8-16/h11H,1-10H2,(H,17,18). The minimum atomic E-state index is -2.64. The highest BCUT2D eigenvalue weighted by molar-refractivity contribution is 14.1. The number of rotatable bonds is 7. The second-order valence-corrected chi connectivity index (χ2v) is 6.12. The molecule has 1 rings (SSSR count). The van der Waals surface area contributed by atoms with Gasteiger partial charge in [0.2, 0.25) is 11.8 Å². The van der Waals surface area contributed by atoms with E-state index in [-0.39, 0.29) is 18.7 Å². The molecule has 0 radical (unpaired) electrons. The summed E-state index contributed by atoms with van der Waals surface area (Å²) >= 11 is 2.35. The molecule has 0 aliphatic heterocycles. The van der Waals surface area contributed by atoms with Crippen molar-refractivity contribution in [1.29, 1.82) is 0 Å². The van der Waals surface area contributed by atoms with E-state index in [0.717, 1.165) is 12.8 Å². The monoisotopic (exact) mass is 373 g/mol. The van der Waals surface area contributed by atoms with Gasteiger partial charge < -0.3 is 5.32 Å². The summed E-state index contributed by atoms with van der Waals surface area (Å²) in [5.41, 5.74) is 0. The third-order valence-electron chi connectivity index (χ3n) is 3.37. The topological polar surface area (TPSA) is 29.1 Å². The van der Waals surface area contributed by atoms with Gasteiger partial charge in [0.25, 0.3) is 0 Å². The summed E-state index contributed by atoms with van der Waals surface area (Å²) in [5.74, 6) is -3.30. The molecule has 1 fully saturated rings. The quantitative estimate of drug-likeness (QED) is 0.409. The van der Waals surface area contributed by atoms with Crippen LogP contribution in [0.15, 0.2) is 0 Å². The van der Waals surface area contributed by atoms with Gasteiger partial charge in [-0.2, -0.15) is 0 Å². The van der Waals surface area contributed by atoms with Gasteiger partial charge in [0.15, 0.2) is 0 Å². The zero-order chi connectivity index (χ0) is 13.4. The van der Waals surface area contributed by atoms with Gasteiger partial charge in [-0.25, -0.2) is 8.78 Å². The Bertz CT molecular complexity index is 261. The van der Waals surface area contributed by atoms with Gasteiger partial charge in [-0.15, -0.1) is 0 Å². The molecule has 1 atom stereocenters. The summed E-state index contributed by atoms with van der Waals surface area (Å²) in [6.45, 7) is 0.627. The Hall–Kier alpha value is 0.0600. The van der Waals surface area contributed by atoms with Crippen molar-refractivity contribution in [3.63, 3.8) is 0 Å². The first kappa shape index (κ1) is 16.1. The van der Waals surface area contributed by atoms with Crippen molar-refractivity contribution in [3.8, 4) is 0 Å². The molecule has 2 nitrogen and oxygen atoms in total. The van der Waals surface area contributed by atoms with Crippen LogP contribution in [0.1, 0.15) is 51.4 Å². The maximum Gasteiger partial charge on any atom is 0.248 e. The predicted molar refractivity (Wildman–Crippen MR) is 77.3 cm³/mol. The lowest BCUT2D eigenvalue weighted by atomic mass is 9.86. The van der Waals surface area contributed by atoms with Gasteiger partial charge in [0.1, 0.15) is 0 Å². The molecule has 0 bridgehead atoms. The fourth-order valence-corrected chi connectivity index (χ4v) is 2.86. The summed E-state index contributed by atoms with van der Waals surface area (Å²) in [5, 5.41) is 2.79. The van der Waals surface area contributed by atoms with Crippen molar-refractivity contribution in [2.45, 2.75) is 57.3 Å². The lowest BCUT2D eigenvalue weighted by molar-refractivity contribution is -0.132. The van der Waals surface area contributed by atoms with Gasteiger partial charge in [-0.3, -0.25) is 4.79 Å². The molecule has 1 saturated carbocycles. The van der Waals surface area contributed by atoms with Crippen molar-refractivity contribution in [1.82, 2.24) is 5.32 Å². The minimum absolute atomic E-state index is 0.0624. The molecule has 18 heavy (non-hydrogen) atoms. The van der Waals surface area contributed by atoms with E-state index in [9.17, 15) is 13.6 Å². The second kappa shape index (κ2) is 8.27. The van der Waals surface area contributed by atoms with E-state index in [1.165, 1.54) is 17.3 Å². The highest BCUT2D eigenvalue weighted by atomic mass is 127. The molecule has 1 amide bonds. The third kappa shape index (κ3) is 6.29. The molecule has 0 heterocycles. The van der Waals surface area contributed by atoms with Crippen molar-refractivity contribution >= 4 is 28.5 Å². The lowest BCUT2D eigenvalue weighted by Gasteiger charge is -2.27. The van der Waals surface area contributed by atoms with Crippen molar-refractivity contribution in [2.75, 3.05) is 11.0 Å². The maximum atomic E-state index is 13.2. The van der Waals surface area contributed by atoms with E-state index in [0.29, 0.717) is 19.4 Å². The Balaban J connectivity index is 2.12. The number of hydrogen-bond acceptors (Lipinski definition) is 1. The van der Waals surface area contributed by atoms with Crippen LogP contribution in [0.25, 0.3) is 0 Å². The molecule has 5 heteroatoms. The zero-order valence-corrected chi connectivity index (χ0v) is 12.8. The summed E-state index contributed by atoms with van der Waals surface area (Å²) in [4.78, 5) is 11.7. The molecule has 0 aromatic heterocycles. The average Bonchev–Trinajstić information content (AvgIpc) is 2.32. The maximum absolute atomic E-state index is 13.2. The smallest absolute Gasteiger partial charge is 0.248 e. The summed E-state index contributed by atoms with van der Waals surface area (Å²) in [6, 6.07) is 0. The van der Waals surface area contributed by atoms with Crippen molar-refractivity contribution < 1.29 is 13.6 Å². The van der Waals surface area contributed by atoms with Crippen LogP contribution in [0, 0.1) is 5.92 Å². The van der Waals surface area contributed by atoms with Crippen molar-refractivity contribution in [2.24, 2.45) is 5.92 Å². The molecule has 1 N–H and O–H groups in total. The van der Waals surface area contributed by atoms with Crippen LogP contribution in [0.2, 0.25) is 0 Å². The van der Waals surface area contributed by atoms with Crippen LogP contribution in [-0.4, -0.2) is 22.8 Å². The lowest BCUT2D eigenvalue weighted by Crippen LogP contribution is -2.37. The first-order valence-corrected chi connectivity index (χ1v) is 8.29. The van der Waals surface area contributed by atoms with Gasteiger partial charge in [0, 0.05) is 25.3 Å². The number of carbonyl (C=O) groups is 1. The number of amides is 1. The van der Waals surface area contributed by atoms with Crippen LogP contribution >= 0.6 is 22.6 Å². The first-order valence-electron chi connectivity index (χ1n) is 6.77. The third-order valence-corrected chi connectivity index (χ3v) is 4.13. The highest BCUT2D eigenvalue weighted by Gasteiger charge is 2.38. The molecule has 0 spiro atoms. The molecule has 0 aromatic rings. The number of nitrogens with one attached hydrogen (secondary N) is 1. The van der Waals surface area contributed by atoms with Gasteiger partial charge >= 0.3 is 0 Å². The molecule has 1 aliphatic carbocycles. The fraction of sp³-hybridized carbons (Fsp3) is 0.923. The van der Waals surface area contributed by atoms with E-state index in [1.807, 2.05) is 0 Å². The van der Waals surface area contributed by atoms with E-state index < -0.39 is 11.8 Å². The van der Waals surface area contributed by atoms with Crippen LogP contribution in [0.5, 0.6) is 0 Å². The fourth-order valence-electron chi connectivity index (χ4n) is 2.32. The first-order chi connectivity index (χ1) is 8.55. The van der Waals surface area contributed by atoms with Crippen LogP contribution in [0.3, 0.4) is 0 Å². The Morgan fingerprint density at radius 2 is 2.00 bits per heavy atom. The number of carbonyl (C=O) groups excluding carboxylic acids is 1.